The topological polar surface area (TPSA) is 88.3 Å². The van der Waals surface area contributed by atoms with Crippen molar-refractivity contribution in [3.05, 3.63) is 23.0 Å². The molecule has 0 aliphatic carbocycles. The number of amides is 1. The summed E-state index contributed by atoms with van der Waals surface area (Å²) in [6, 6.07) is 1.83. The van der Waals surface area contributed by atoms with Crippen LogP contribution in [0, 0.1) is 19.8 Å². The maximum Gasteiger partial charge on any atom is 0.303 e. The lowest BCUT2D eigenvalue weighted by molar-refractivity contribution is -0.137. The number of carboxylic acids is 1. The van der Waals surface area contributed by atoms with Crippen molar-refractivity contribution in [3.63, 3.8) is 0 Å². The third kappa shape index (κ3) is 3.50. The van der Waals surface area contributed by atoms with Crippen molar-refractivity contribution in [1.29, 1.82) is 0 Å². The van der Waals surface area contributed by atoms with Crippen LogP contribution in [0.25, 0.3) is 11.0 Å². The number of aliphatic carboxylic acids is 1. The van der Waals surface area contributed by atoms with Gasteiger partial charge in [0.2, 0.25) is 0 Å². The van der Waals surface area contributed by atoms with E-state index in [1.54, 1.807) is 4.68 Å². The van der Waals surface area contributed by atoms with Gasteiger partial charge in [0.15, 0.2) is 5.65 Å². The molecule has 0 radical (unpaired) electrons. The molecule has 1 saturated heterocycles. The molecule has 1 atom stereocenters. The Bertz CT molecular complexity index is 827. The van der Waals surface area contributed by atoms with Crippen LogP contribution >= 0.6 is 0 Å². The van der Waals surface area contributed by atoms with Gasteiger partial charge in [-0.1, -0.05) is 0 Å². The number of nitrogens with zero attached hydrogens (tertiary/aromatic N) is 4. The summed E-state index contributed by atoms with van der Waals surface area (Å²) in [6.07, 6.45) is 2.67. The van der Waals surface area contributed by atoms with Crippen LogP contribution in [0.15, 0.2) is 6.07 Å². The summed E-state index contributed by atoms with van der Waals surface area (Å²) in [5.74, 6) is -0.533. The lowest BCUT2D eigenvalue weighted by Crippen LogP contribution is -2.40. The quantitative estimate of drug-likeness (QED) is 0.919. The molecule has 0 aromatic carbocycles. The van der Waals surface area contributed by atoms with E-state index in [9.17, 15) is 9.59 Å². The van der Waals surface area contributed by atoms with Crippen LogP contribution in [-0.4, -0.2) is 49.7 Å². The Labute approximate surface area is 146 Å². The molecule has 1 amide bonds. The average Bonchev–Trinajstić information content (AvgIpc) is 2.86. The third-order valence-corrected chi connectivity index (χ3v) is 4.90. The number of carbonyl (C=O) groups excluding carboxylic acids is 1. The summed E-state index contributed by atoms with van der Waals surface area (Å²) in [4.78, 5) is 30.3. The minimum atomic E-state index is -0.777. The number of pyridine rings is 1. The number of rotatable bonds is 4. The lowest BCUT2D eigenvalue weighted by atomic mass is 9.93. The zero-order valence-electron chi connectivity index (χ0n) is 14.9. The fraction of sp³-hybridized carbons (Fsp3) is 0.556. The minimum Gasteiger partial charge on any atom is -0.481 e. The number of likely N-dealkylation sites (tertiary alicyclic amines) is 1. The first-order chi connectivity index (χ1) is 11.9. The van der Waals surface area contributed by atoms with Crippen molar-refractivity contribution in [2.75, 3.05) is 13.1 Å². The van der Waals surface area contributed by atoms with Crippen LogP contribution in [-0.2, 0) is 11.8 Å². The zero-order chi connectivity index (χ0) is 18.1. The van der Waals surface area contributed by atoms with Gasteiger partial charge in [-0.05, 0) is 45.1 Å². The van der Waals surface area contributed by atoms with Crippen molar-refractivity contribution in [1.82, 2.24) is 19.7 Å². The summed E-state index contributed by atoms with van der Waals surface area (Å²) in [6.45, 7) is 5.10. The maximum atomic E-state index is 13.2. The van der Waals surface area contributed by atoms with Gasteiger partial charge in [-0.15, -0.1) is 0 Å². The van der Waals surface area contributed by atoms with Crippen LogP contribution in [0.3, 0.4) is 0 Å². The van der Waals surface area contributed by atoms with Crippen molar-refractivity contribution < 1.29 is 14.7 Å². The van der Waals surface area contributed by atoms with Crippen molar-refractivity contribution in [3.8, 4) is 0 Å². The van der Waals surface area contributed by atoms with Crippen molar-refractivity contribution in [2.45, 2.75) is 39.5 Å². The molecule has 7 nitrogen and oxygen atoms in total. The average molecular weight is 344 g/mol. The Morgan fingerprint density at radius 3 is 2.84 bits per heavy atom. The van der Waals surface area contributed by atoms with Crippen LogP contribution in [0.1, 0.15) is 47.4 Å². The second-order valence-electron chi connectivity index (χ2n) is 6.91. The van der Waals surface area contributed by atoms with Gasteiger partial charge < -0.3 is 10.0 Å². The molecule has 0 spiro atoms. The molecule has 1 fully saturated rings. The maximum absolute atomic E-state index is 13.2. The molecule has 7 heteroatoms. The highest BCUT2D eigenvalue weighted by atomic mass is 16.4. The van der Waals surface area contributed by atoms with Gasteiger partial charge in [0.1, 0.15) is 0 Å². The summed E-state index contributed by atoms with van der Waals surface area (Å²) < 4.78 is 1.71. The highest BCUT2D eigenvalue weighted by molar-refractivity contribution is 6.06. The molecule has 134 valence electrons. The Hall–Kier alpha value is -2.44. The van der Waals surface area contributed by atoms with Crippen LogP contribution < -0.4 is 0 Å². The third-order valence-electron chi connectivity index (χ3n) is 4.90. The van der Waals surface area contributed by atoms with Gasteiger partial charge in [-0.3, -0.25) is 14.3 Å². The number of aryl methyl sites for hydroxylation is 3. The largest absolute Gasteiger partial charge is 0.481 e. The molecular formula is C18H24N4O3. The molecule has 1 unspecified atom stereocenters. The first-order valence-electron chi connectivity index (χ1n) is 8.69. The van der Waals surface area contributed by atoms with Gasteiger partial charge >= 0.3 is 5.97 Å². The number of hydrogen-bond donors (Lipinski definition) is 1. The Morgan fingerprint density at radius 1 is 1.36 bits per heavy atom. The summed E-state index contributed by atoms with van der Waals surface area (Å²) in [5.41, 5.74) is 2.96. The number of aromatic nitrogens is 3. The molecule has 2 aromatic heterocycles. The molecule has 0 bridgehead atoms. The molecule has 1 aliphatic rings. The fourth-order valence-corrected chi connectivity index (χ4v) is 3.72. The number of carbonyl (C=O) groups is 2. The Balaban J connectivity index is 1.88. The van der Waals surface area contributed by atoms with Crippen LogP contribution in [0.4, 0.5) is 0 Å². The molecule has 3 heterocycles. The van der Waals surface area contributed by atoms with E-state index in [0.29, 0.717) is 25.1 Å². The van der Waals surface area contributed by atoms with Crippen LogP contribution in [0.5, 0.6) is 0 Å². The summed E-state index contributed by atoms with van der Waals surface area (Å²) in [5, 5.41) is 14.1. The second-order valence-corrected chi connectivity index (χ2v) is 6.91. The molecule has 0 saturated carbocycles. The summed E-state index contributed by atoms with van der Waals surface area (Å²) in [7, 11) is 1.83. The van der Waals surface area contributed by atoms with Gasteiger partial charge in [-0.2, -0.15) is 5.10 Å². The van der Waals surface area contributed by atoms with E-state index in [-0.39, 0.29) is 18.2 Å². The molecule has 1 N–H and O–H groups in total. The molecule has 25 heavy (non-hydrogen) atoms. The zero-order valence-corrected chi connectivity index (χ0v) is 14.9. The van der Waals surface area contributed by atoms with Crippen molar-refractivity contribution >= 4 is 22.9 Å². The van der Waals surface area contributed by atoms with Gasteiger partial charge in [0.05, 0.1) is 16.6 Å². The normalized spacial score (nSPS) is 17.9. The number of hydrogen-bond acceptors (Lipinski definition) is 4. The van der Waals surface area contributed by atoms with E-state index < -0.39 is 5.97 Å². The monoisotopic (exact) mass is 344 g/mol. The SMILES string of the molecule is Cc1cc(C(=O)N2CCCC(CCC(=O)O)C2)c2c(C)nn(C)c2n1. The van der Waals surface area contributed by atoms with E-state index in [0.717, 1.165) is 35.3 Å². The van der Waals surface area contributed by atoms with E-state index in [4.69, 9.17) is 5.11 Å². The minimum absolute atomic E-state index is 0.00775. The van der Waals surface area contributed by atoms with Crippen molar-refractivity contribution in [2.24, 2.45) is 13.0 Å². The molecule has 3 rings (SSSR count). The smallest absolute Gasteiger partial charge is 0.303 e. The first-order valence-corrected chi connectivity index (χ1v) is 8.69. The molecule has 1 aliphatic heterocycles. The standard InChI is InChI=1S/C18H24N4O3/c1-11-9-14(16-12(2)20-21(3)17(16)19-11)18(25)22-8-4-5-13(10-22)6-7-15(23)24/h9,13H,4-8,10H2,1-3H3,(H,23,24). The Morgan fingerprint density at radius 2 is 2.12 bits per heavy atom. The van der Waals surface area contributed by atoms with E-state index >= 15 is 0 Å². The lowest BCUT2D eigenvalue weighted by Gasteiger charge is -2.33. The van der Waals surface area contributed by atoms with Gasteiger partial charge in [0.25, 0.3) is 5.91 Å². The second kappa shape index (κ2) is 6.82. The number of fused-ring (bicyclic) bond motifs is 1. The highest BCUT2D eigenvalue weighted by Gasteiger charge is 2.27. The number of piperidine rings is 1. The number of carboxylic acid groups (broad SMARTS) is 1. The molecule has 2 aromatic rings. The highest BCUT2D eigenvalue weighted by Crippen LogP contribution is 2.26. The predicted molar refractivity (Wildman–Crippen MR) is 93.5 cm³/mol. The predicted octanol–water partition coefficient (Wildman–Crippen LogP) is 2.30. The molecular weight excluding hydrogens is 320 g/mol. The van der Waals surface area contributed by atoms with Gasteiger partial charge in [-0.25, -0.2) is 4.98 Å². The fourth-order valence-electron chi connectivity index (χ4n) is 3.72. The van der Waals surface area contributed by atoms with E-state index in [1.807, 2.05) is 31.9 Å². The summed E-state index contributed by atoms with van der Waals surface area (Å²) >= 11 is 0. The van der Waals surface area contributed by atoms with Crippen LogP contribution in [0.2, 0.25) is 0 Å². The first kappa shape index (κ1) is 17.4. The van der Waals surface area contributed by atoms with E-state index in [1.165, 1.54) is 0 Å². The van der Waals surface area contributed by atoms with E-state index in [2.05, 4.69) is 10.1 Å². The Kier molecular flexibility index (Phi) is 4.74. The van der Waals surface area contributed by atoms with Gasteiger partial charge in [0, 0.05) is 32.3 Å².